The van der Waals surface area contributed by atoms with Gasteiger partial charge in [0, 0.05) is 15.5 Å². The molecule has 0 bridgehead atoms. The minimum atomic E-state index is -3.93. The van der Waals surface area contributed by atoms with Crippen molar-refractivity contribution in [3.63, 3.8) is 0 Å². The van der Waals surface area contributed by atoms with Crippen LogP contribution in [0.2, 0.25) is 15.1 Å². The van der Waals surface area contributed by atoms with Crippen LogP contribution in [-0.2, 0) is 15.4 Å². The van der Waals surface area contributed by atoms with Crippen LogP contribution < -0.4 is 4.31 Å². The first-order valence-corrected chi connectivity index (χ1v) is 12.3. The highest BCUT2D eigenvalue weighted by molar-refractivity contribution is 7.93. The van der Waals surface area contributed by atoms with E-state index in [1.807, 2.05) is 44.2 Å². The standard InChI is InChI=1S/C23H22Cl3NO3S/c1-23(2,16-7-9-18(24)10-8-16)17-13-19(25)15-20(14-17)27(31(29,30)12-11-28)22-6-4-3-5-21(22)26/h3-10,13-15,28H,11-12H2,1-2H3. The zero-order valence-electron chi connectivity index (χ0n) is 17.0. The van der Waals surface area contributed by atoms with Gasteiger partial charge in [0.1, 0.15) is 0 Å². The number of para-hydroxylation sites is 1. The van der Waals surface area contributed by atoms with Gasteiger partial charge in [-0.05, 0) is 53.6 Å². The Morgan fingerprint density at radius 3 is 2.13 bits per heavy atom. The first-order chi connectivity index (χ1) is 14.6. The molecule has 0 saturated heterocycles. The number of hydrogen-bond donors (Lipinski definition) is 1. The number of anilines is 2. The summed E-state index contributed by atoms with van der Waals surface area (Å²) in [6, 6.07) is 19.3. The summed E-state index contributed by atoms with van der Waals surface area (Å²) in [5.41, 5.74) is 1.94. The number of nitrogens with zero attached hydrogens (tertiary/aromatic N) is 1. The maximum Gasteiger partial charge on any atom is 0.241 e. The molecule has 0 heterocycles. The fourth-order valence-corrected chi connectivity index (χ4v) is 5.28. The Kier molecular flexibility index (Phi) is 7.24. The topological polar surface area (TPSA) is 57.6 Å². The number of halogens is 3. The third kappa shape index (κ3) is 5.18. The number of aliphatic hydroxyl groups excluding tert-OH is 1. The molecule has 1 N–H and O–H groups in total. The Morgan fingerprint density at radius 1 is 0.871 bits per heavy atom. The SMILES string of the molecule is CC(C)(c1ccc(Cl)cc1)c1cc(Cl)cc(N(c2ccccc2Cl)S(=O)(=O)CCO)c1. The maximum atomic E-state index is 13.1. The van der Waals surface area contributed by atoms with Gasteiger partial charge in [-0.25, -0.2) is 12.7 Å². The summed E-state index contributed by atoms with van der Waals surface area (Å²) in [5, 5.41) is 10.6. The van der Waals surface area contributed by atoms with Gasteiger partial charge in [-0.15, -0.1) is 0 Å². The monoisotopic (exact) mass is 497 g/mol. The van der Waals surface area contributed by atoms with Gasteiger partial charge in [0.2, 0.25) is 10.0 Å². The van der Waals surface area contributed by atoms with Crippen molar-refractivity contribution in [2.75, 3.05) is 16.7 Å². The van der Waals surface area contributed by atoms with Crippen molar-refractivity contribution >= 4 is 56.2 Å². The Bertz CT molecular complexity index is 1180. The molecule has 0 unspecified atom stereocenters. The van der Waals surface area contributed by atoms with Crippen LogP contribution in [0.1, 0.15) is 25.0 Å². The molecule has 3 aromatic carbocycles. The molecule has 0 amide bonds. The minimum Gasteiger partial charge on any atom is -0.395 e. The zero-order chi connectivity index (χ0) is 22.8. The second-order valence-electron chi connectivity index (χ2n) is 7.59. The van der Waals surface area contributed by atoms with E-state index in [4.69, 9.17) is 34.8 Å². The van der Waals surface area contributed by atoms with Crippen molar-refractivity contribution in [1.29, 1.82) is 0 Å². The minimum absolute atomic E-state index is 0.266. The first kappa shape index (κ1) is 23.9. The molecule has 3 rings (SSSR count). The van der Waals surface area contributed by atoms with Gasteiger partial charge in [0.15, 0.2) is 0 Å². The van der Waals surface area contributed by atoms with Crippen LogP contribution in [0.4, 0.5) is 11.4 Å². The lowest BCUT2D eigenvalue weighted by Gasteiger charge is -2.30. The van der Waals surface area contributed by atoms with Crippen LogP contribution in [-0.4, -0.2) is 25.9 Å². The van der Waals surface area contributed by atoms with E-state index in [0.717, 1.165) is 15.4 Å². The smallest absolute Gasteiger partial charge is 0.241 e. The fraction of sp³-hybridized carbons (Fsp3) is 0.217. The lowest BCUT2D eigenvalue weighted by molar-refractivity contribution is 0.319. The lowest BCUT2D eigenvalue weighted by atomic mass is 9.78. The molecule has 0 aliphatic carbocycles. The maximum absolute atomic E-state index is 13.1. The molecule has 0 radical (unpaired) electrons. The molecule has 4 nitrogen and oxygen atoms in total. The highest BCUT2D eigenvalue weighted by Crippen LogP contribution is 2.40. The second-order valence-corrected chi connectivity index (χ2v) is 10.8. The Balaban J connectivity index is 2.21. The van der Waals surface area contributed by atoms with Crippen LogP contribution in [0.3, 0.4) is 0 Å². The Morgan fingerprint density at radius 2 is 1.52 bits per heavy atom. The molecule has 0 saturated carbocycles. The molecule has 8 heteroatoms. The van der Waals surface area contributed by atoms with E-state index in [1.54, 1.807) is 36.4 Å². The summed E-state index contributed by atoms with van der Waals surface area (Å²) in [7, 11) is -3.93. The predicted molar refractivity (Wildman–Crippen MR) is 129 cm³/mol. The predicted octanol–water partition coefficient (Wildman–Crippen LogP) is 6.43. The highest BCUT2D eigenvalue weighted by Gasteiger charge is 2.29. The Hall–Kier alpha value is -1.76. The van der Waals surface area contributed by atoms with Crippen molar-refractivity contribution in [2.45, 2.75) is 19.3 Å². The first-order valence-electron chi connectivity index (χ1n) is 9.52. The van der Waals surface area contributed by atoms with Crippen molar-refractivity contribution in [3.8, 4) is 0 Å². The quantitative estimate of drug-likeness (QED) is 0.408. The molecule has 0 fully saturated rings. The van der Waals surface area contributed by atoms with Gasteiger partial charge in [-0.2, -0.15) is 0 Å². The molecular weight excluding hydrogens is 477 g/mol. The molecule has 0 aliphatic rings. The third-order valence-electron chi connectivity index (χ3n) is 5.10. The highest BCUT2D eigenvalue weighted by atomic mass is 35.5. The molecule has 164 valence electrons. The second kappa shape index (κ2) is 9.39. The molecule has 0 aromatic heterocycles. The summed E-state index contributed by atoms with van der Waals surface area (Å²) in [6.07, 6.45) is 0. The summed E-state index contributed by atoms with van der Waals surface area (Å²) >= 11 is 18.8. The summed E-state index contributed by atoms with van der Waals surface area (Å²) in [6.45, 7) is 3.52. The number of rotatable bonds is 7. The van der Waals surface area contributed by atoms with Gasteiger partial charge < -0.3 is 5.11 Å². The van der Waals surface area contributed by atoms with E-state index in [9.17, 15) is 13.5 Å². The molecule has 0 aliphatic heterocycles. The molecule has 31 heavy (non-hydrogen) atoms. The number of aliphatic hydroxyl groups is 1. The number of hydrogen-bond acceptors (Lipinski definition) is 3. The van der Waals surface area contributed by atoms with Crippen LogP contribution in [0.25, 0.3) is 0 Å². The third-order valence-corrected chi connectivity index (χ3v) is 7.56. The van der Waals surface area contributed by atoms with Crippen LogP contribution in [0, 0.1) is 0 Å². The number of sulfonamides is 1. The summed E-state index contributed by atoms with van der Waals surface area (Å²) in [4.78, 5) is 0. The average Bonchev–Trinajstić information content (AvgIpc) is 2.69. The van der Waals surface area contributed by atoms with Gasteiger partial charge in [-0.3, -0.25) is 0 Å². The average molecular weight is 499 g/mol. The fourth-order valence-electron chi connectivity index (χ4n) is 3.36. The van der Waals surface area contributed by atoms with Crippen molar-refractivity contribution in [1.82, 2.24) is 0 Å². The Labute approximate surface area is 198 Å². The summed E-state index contributed by atoms with van der Waals surface area (Å²) < 4.78 is 27.4. The van der Waals surface area contributed by atoms with Crippen molar-refractivity contribution in [2.24, 2.45) is 0 Å². The van der Waals surface area contributed by atoms with E-state index in [0.29, 0.717) is 15.7 Å². The van der Waals surface area contributed by atoms with Gasteiger partial charge in [0.05, 0.1) is 28.8 Å². The van der Waals surface area contributed by atoms with Gasteiger partial charge in [0.25, 0.3) is 0 Å². The molecule has 3 aromatic rings. The van der Waals surface area contributed by atoms with E-state index in [-0.39, 0.29) is 10.7 Å². The van der Waals surface area contributed by atoms with Gasteiger partial charge >= 0.3 is 0 Å². The van der Waals surface area contributed by atoms with Crippen LogP contribution in [0.5, 0.6) is 0 Å². The number of benzene rings is 3. The van der Waals surface area contributed by atoms with Crippen LogP contribution >= 0.6 is 34.8 Å². The molecule has 0 spiro atoms. The van der Waals surface area contributed by atoms with Crippen molar-refractivity contribution in [3.05, 3.63) is 92.9 Å². The molecule has 0 atom stereocenters. The van der Waals surface area contributed by atoms with E-state index in [2.05, 4.69) is 0 Å². The molecular formula is C23H22Cl3NO3S. The van der Waals surface area contributed by atoms with E-state index in [1.165, 1.54) is 0 Å². The summed E-state index contributed by atoms with van der Waals surface area (Å²) in [5.74, 6) is -0.458. The van der Waals surface area contributed by atoms with Gasteiger partial charge in [-0.1, -0.05) is 72.9 Å². The van der Waals surface area contributed by atoms with E-state index >= 15 is 0 Å². The van der Waals surface area contributed by atoms with Crippen molar-refractivity contribution < 1.29 is 13.5 Å². The van der Waals surface area contributed by atoms with E-state index < -0.39 is 27.8 Å². The lowest BCUT2D eigenvalue weighted by Crippen LogP contribution is -2.30. The normalized spacial score (nSPS) is 12.1. The van der Waals surface area contributed by atoms with Crippen LogP contribution in [0.15, 0.2) is 66.7 Å². The zero-order valence-corrected chi connectivity index (χ0v) is 20.1. The largest absolute Gasteiger partial charge is 0.395 e.